The van der Waals surface area contributed by atoms with Crippen LogP contribution in [0.2, 0.25) is 0 Å². The highest BCUT2D eigenvalue weighted by Crippen LogP contribution is 2.46. The average molecular weight is 392 g/mol. The molecule has 0 fully saturated rings. The Hall–Kier alpha value is -2.42. The van der Waals surface area contributed by atoms with Gasteiger partial charge in [0.2, 0.25) is 6.79 Å². The summed E-state index contributed by atoms with van der Waals surface area (Å²) < 4.78 is 11.3. The van der Waals surface area contributed by atoms with Gasteiger partial charge in [0.1, 0.15) is 0 Å². The maximum absolute atomic E-state index is 5.63. The molecular formula is C26H33NO2. The predicted molar refractivity (Wildman–Crippen MR) is 122 cm³/mol. The fourth-order valence-electron chi connectivity index (χ4n) is 4.57. The van der Waals surface area contributed by atoms with Gasteiger partial charge in [0.05, 0.1) is 5.69 Å². The number of unbranched alkanes of at least 4 members (excludes halogenated alkanes) is 7. The Kier molecular flexibility index (Phi) is 6.43. The lowest BCUT2D eigenvalue weighted by Crippen LogP contribution is -2.28. The van der Waals surface area contributed by atoms with E-state index in [9.17, 15) is 0 Å². The molecule has 3 nitrogen and oxygen atoms in total. The molecule has 154 valence electrons. The van der Waals surface area contributed by atoms with Crippen LogP contribution in [0.1, 0.15) is 69.4 Å². The Morgan fingerprint density at radius 2 is 1.66 bits per heavy atom. The molecule has 2 heterocycles. The summed E-state index contributed by atoms with van der Waals surface area (Å²) >= 11 is 0. The van der Waals surface area contributed by atoms with Gasteiger partial charge in [-0.1, -0.05) is 82.7 Å². The zero-order valence-electron chi connectivity index (χ0n) is 17.7. The fraction of sp³-hybridized carbons (Fsp3) is 0.462. The Labute approximate surface area is 175 Å². The summed E-state index contributed by atoms with van der Waals surface area (Å²) in [7, 11) is 0. The van der Waals surface area contributed by atoms with Crippen LogP contribution in [0, 0.1) is 0 Å². The van der Waals surface area contributed by atoms with Gasteiger partial charge in [-0.05, 0) is 35.2 Å². The van der Waals surface area contributed by atoms with Crippen molar-refractivity contribution in [3.8, 4) is 22.6 Å². The molecular weight excluding hydrogens is 358 g/mol. The quantitative estimate of drug-likeness (QED) is 0.400. The number of fused-ring (bicyclic) bond motifs is 4. The topological polar surface area (TPSA) is 21.7 Å². The van der Waals surface area contributed by atoms with Gasteiger partial charge < -0.3 is 14.4 Å². The molecule has 4 rings (SSSR count). The lowest BCUT2D eigenvalue weighted by molar-refractivity contribution is 0.174. The highest BCUT2D eigenvalue weighted by molar-refractivity contribution is 5.90. The SMILES string of the molecule is C=Cc1cccc2c1N(CCCCCCCCCC)Cc1cc3c(cc1-2)OCO3. The van der Waals surface area contributed by atoms with Gasteiger partial charge in [-0.25, -0.2) is 0 Å². The zero-order valence-corrected chi connectivity index (χ0v) is 17.7. The Morgan fingerprint density at radius 3 is 2.41 bits per heavy atom. The zero-order chi connectivity index (χ0) is 20.1. The van der Waals surface area contributed by atoms with E-state index in [1.165, 1.54) is 79.3 Å². The van der Waals surface area contributed by atoms with E-state index in [0.29, 0.717) is 6.79 Å². The van der Waals surface area contributed by atoms with Crippen LogP contribution in [-0.4, -0.2) is 13.3 Å². The number of para-hydroxylation sites is 1. The molecule has 0 amide bonds. The standard InChI is InChI=1S/C26H33NO2/c1-3-5-6-7-8-9-10-11-15-27-18-21-16-24-25(29-19-28-24)17-23(21)22-14-12-13-20(4-2)26(22)27/h4,12-14,16-17H,2-3,5-11,15,18-19H2,1H3. The molecule has 0 unspecified atom stereocenters. The van der Waals surface area contributed by atoms with Crippen LogP contribution in [0.25, 0.3) is 17.2 Å². The normalized spacial score (nSPS) is 13.9. The molecule has 2 aromatic rings. The van der Waals surface area contributed by atoms with Crippen LogP contribution in [0.4, 0.5) is 5.69 Å². The number of anilines is 1. The van der Waals surface area contributed by atoms with Gasteiger partial charge in [-0.2, -0.15) is 0 Å². The molecule has 2 aromatic carbocycles. The first-order valence-electron chi connectivity index (χ1n) is 11.2. The first-order chi connectivity index (χ1) is 14.3. The minimum Gasteiger partial charge on any atom is -0.454 e. The lowest BCUT2D eigenvalue weighted by Gasteiger charge is -2.34. The van der Waals surface area contributed by atoms with Crippen molar-refractivity contribution in [2.24, 2.45) is 0 Å². The largest absolute Gasteiger partial charge is 0.454 e. The van der Waals surface area contributed by atoms with Crippen LogP contribution in [0.15, 0.2) is 36.9 Å². The monoisotopic (exact) mass is 391 g/mol. The molecule has 0 bridgehead atoms. The van der Waals surface area contributed by atoms with Gasteiger partial charge in [-0.15, -0.1) is 0 Å². The number of benzene rings is 2. The second-order valence-electron chi connectivity index (χ2n) is 8.21. The fourth-order valence-corrected chi connectivity index (χ4v) is 4.57. The summed E-state index contributed by atoms with van der Waals surface area (Å²) in [5.41, 5.74) is 6.39. The third-order valence-corrected chi connectivity index (χ3v) is 6.13. The third-order valence-electron chi connectivity index (χ3n) is 6.13. The van der Waals surface area contributed by atoms with E-state index in [4.69, 9.17) is 9.47 Å². The molecule has 3 heteroatoms. The molecule has 0 saturated carbocycles. The number of ether oxygens (including phenoxy) is 2. The maximum Gasteiger partial charge on any atom is 0.231 e. The average Bonchev–Trinajstić information content (AvgIpc) is 3.21. The molecule has 0 atom stereocenters. The van der Waals surface area contributed by atoms with E-state index >= 15 is 0 Å². The summed E-state index contributed by atoms with van der Waals surface area (Å²) in [6.45, 7) is 8.66. The summed E-state index contributed by atoms with van der Waals surface area (Å²) in [5, 5.41) is 0. The van der Waals surface area contributed by atoms with Crippen LogP contribution >= 0.6 is 0 Å². The van der Waals surface area contributed by atoms with Gasteiger partial charge >= 0.3 is 0 Å². The van der Waals surface area contributed by atoms with Crippen molar-refractivity contribution in [1.82, 2.24) is 0 Å². The van der Waals surface area contributed by atoms with Crippen molar-refractivity contribution >= 4 is 11.8 Å². The van der Waals surface area contributed by atoms with E-state index in [0.717, 1.165) is 24.6 Å². The molecule has 0 N–H and O–H groups in total. The lowest BCUT2D eigenvalue weighted by atomic mass is 9.90. The van der Waals surface area contributed by atoms with Crippen molar-refractivity contribution in [1.29, 1.82) is 0 Å². The van der Waals surface area contributed by atoms with E-state index in [1.807, 2.05) is 6.08 Å². The smallest absolute Gasteiger partial charge is 0.231 e. The number of nitrogens with zero attached hydrogens (tertiary/aromatic N) is 1. The van der Waals surface area contributed by atoms with Gasteiger partial charge in [0.25, 0.3) is 0 Å². The van der Waals surface area contributed by atoms with E-state index in [2.05, 4.69) is 48.7 Å². The Bertz CT molecular complexity index is 858. The van der Waals surface area contributed by atoms with Crippen molar-refractivity contribution in [2.75, 3.05) is 18.2 Å². The minimum atomic E-state index is 0.319. The highest BCUT2D eigenvalue weighted by Gasteiger charge is 2.27. The van der Waals surface area contributed by atoms with Gasteiger partial charge in [-0.3, -0.25) is 0 Å². The summed E-state index contributed by atoms with van der Waals surface area (Å²) in [4.78, 5) is 2.54. The number of hydrogen-bond acceptors (Lipinski definition) is 3. The number of rotatable bonds is 10. The predicted octanol–water partition coefficient (Wildman–Crippen LogP) is 7.19. The molecule has 0 radical (unpaired) electrons. The van der Waals surface area contributed by atoms with Gasteiger partial charge in [0, 0.05) is 18.7 Å². The molecule has 2 aliphatic rings. The second kappa shape index (κ2) is 9.39. The van der Waals surface area contributed by atoms with Crippen molar-refractivity contribution in [3.05, 3.63) is 48.0 Å². The van der Waals surface area contributed by atoms with Crippen LogP contribution in [0.5, 0.6) is 11.5 Å². The van der Waals surface area contributed by atoms with Crippen LogP contribution in [0.3, 0.4) is 0 Å². The maximum atomic E-state index is 5.63. The molecule has 29 heavy (non-hydrogen) atoms. The van der Waals surface area contributed by atoms with E-state index < -0.39 is 0 Å². The minimum absolute atomic E-state index is 0.319. The summed E-state index contributed by atoms with van der Waals surface area (Å²) in [6.07, 6.45) is 12.7. The molecule has 2 aliphatic heterocycles. The first-order valence-corrected chi connectivity index (χ1v) is 11.2. The Balaban J connectivity index is 1.47. The van der Waals surface area contributed by atoms with E-state index in [-0.39, 0.29) is 0 Å². The third kappa shape index (κ3) is 4.29. The van der Waals surface area contributed by atoms with Crippen LogP contribution < -0.4 is 14.4 Å². The van der Waals surface area contributed by atoms with Gasteiger partial charge in [0.15, 0.2) is 11.5 Å². The molecule has 0 aromatic heterocycles. The summed E-state index contributed by atoms with van der Waals surface area (Å²) in [6, 6.07) is 10.8. The van der Waals surface area contributed by atoms with Crippen molar-refractivity contribution < 1.29 is 9.47 Å². The van der Waals surface area contributed by atoms with Crippen molar-refractivity contribution in [3.63, 3.8) is 0 Å². The first kappa shape index (κ1) is 19.9. The molecule has 0 spiro atoms. The highest BCUT2D eigenvalue weighted by atomic mass is 16.7. The van der Waals surface area contributed by atoms with Crippen LogP contribution in [-0.2, 0) is 6.54 Å². The van der Waals surface area contributed by atoms with E-state index in [1.54, 1.807) is 0 Å². The number of hydrogen-bond donors (Lipinski definition) is 0. The summed E-state index contributed by atoms with van der Waals surface area (Å²) in [5.74, 6) is 1.73. The molecule has 0 aliphatic carbocycles. The second-order valence-corrected chi connectivity index (χ2v) is 8.21. The molecule has 0 saturated heterocycles. The Morgan fingerprint density at radius 1 is 0.931 bits per heavy atom. The van der Waals surface area contributed by atoms with Crippen molar-refractivity contribution in [2.45, 2.75) is 64.8 Å².